The largest absolute Gasteiger partial charge is 0.459 e. The van der Waals surface area contributed by atoms with Gasteiger partial charge in [-0.1, -0.05) is 29.8 Å². The highest BCUT2D eigenvalue weighted by Crippen LogP contribution is 2.35. The zero-order valence-electron chi connectivity index (χ0n) is 17.1. The van der Waals surface area contributed by atoms with E-state index in [2.05, 4.69) is 15.2 Å². The minimum absolute atomic E-state index is 0.0983. The number of hydrogen-bond donors (Lipinski definition) is 3. The second-order valence-corrected chi connectivity index (χ2v) is 7.39. The van der Waals surface area contributed by atoms with Crippen LogP contribution in [0.2, 0.25) is 5.02 Å². The van der Waals surface area contributed by atoms with Crippen LogP contribution < -0.4 is 10.5 Å². The molecular weight excluding hydrogens is 474 g/mol. The third-order valence-electron chi connectivity index (χ3n) is 4.67. The van der Waals surface area contributed by atoms with E-state index >= 15 is 0 Å². The summed E-state index contributed by atoms with van der Waals surface area (Å²) >= 11 is 6.27. The number of nitrogens with zero attached hydrogens (tertiary/aromatic N) is 2. The molecule has 2 aromatic heterocycles. The van der Waals surface area contributed by atoms with Crippen molar-refractivity contribution in [2.75, 3.05) is 6.61 Å². The van der Waals surface area contributed by atoms with Crippen LogP contribution in [-0.2, 0) is 9.53 Å². The molecule has 4 N–H and O–H groups in total. The third kappa shape index (κ3) is 4.65. The van der Waals surface area contributed by atoms with Gasteiger partial charge in [-0.2, -0.15) is 10.1 Å². The first-order valence-electron chi connectivity index (χ1n) is 9.66. The molecule has 0 fully saturated rings. The zero-order valence-corrected chi connectivity index (χ0v) is 17.8. The van der Waals surface area contributed by atoms with E-state index in [9.17, 15) is 23.5 Å². The molecule has 0 aliphatic heterocycles. The predicted molar refractivity (Wildman–Crippen MR) is 116 cm³/mol. The first-order valence-corrected chi connectivity index (χ1v) is 10.0. The van der Waals surface area contributed by atoms with Crippen LogP contribution in [-0.4, -0.2) is 44.9 Å². The maximum Gasteiger partial charge on any atom is 0.343 e. The van der Waals surface area contributed by atoms with Crippen molar-refractivity contribution in [1.82, 2.24) is 15.2 Å². The predicted octanol–water partition coefficient (Wildman–Crippen LogP) is 3.35. The Morgan fingerprint density at radius 2 is 1.94 bits per heavy atom. The van der Waals surface area contributed by atoms with Crippen LogP contribution in [0.3, 0.4) is 0 Å². The first-order chi connectivity index (χ1) is 16.2. The van der Waals surface area contributed by atoms with Crippen LogP contribution in [0.1, 0.15) is 10.4 Å². The van der Waals surface area contributed by atoms with Crippen LogP contribution in [0.15, 0.2) is 48.5 Å². The molecule has 0 saturated carbocycles. The molecule has 4 aromatic rings. The van der Waals surface area contributed by atoms with Crippen molar-refractivity contribution in [3.8, 4) is 22.9 Å². The fourth-order valence-corrected chi connectivity index (χ4v) is 3.23. The fraction of sp³-hybridized carbons (Fsp3) is 0.0909. The monoisotopic (exact) mass is 488 g/mol. The molecule has 4 rings (SSSR count). The van der Waals surface area contributed by atoms with Crippen molar-refractivity contribution in [3.05, 3.63) is 70.8 Å². The van der Waals surface area contributed by atoms with Gasteiger partial charge in [0.05, 0.1) is 5.69 Å². The van der Waals surface area contributed by atoms with Crippen molar-refractivity contribution in [3.63, 3.8) is 0 Å². The number of aromatic nitrogens is 3. The number of amides is 1. The molecule has 12 heteroatoms. The van der Waals surface area contributed by atoms with Crippen LogP contribution in [0, 0.1) is 11.6 Å². The Hall–Kier alpha value is -4.09. The summed E-state index contributed by atoms with van der Waals surface area (Å²) < 4.78 is 37.8. The number of nitrogens with one attached hydrogen (secondary N) is 1. The smallest absolute Gasteiger partial charge is 0.343 e. The number of aliphatic hydroxyl groups excluding tert-OH is 1. The molecule has 34 heavy (non-hydrogen) atoms. The Balaban J connectivity index is 1.80. The average molecular weight is 489 g/mol. The molecule has 2 heterocycles. The summed E-state index contributed by atoms with van der Waals surface area (Å²) in [5, 5.41) is 17.2. The van der Waals surface area contributed by atoms with Crippen LogP contribution >= 0.6 is 11.6 Å². The number of esters is 1. The van der Waals surface area contributed by atoms with Gasteiger partial charge in [0.1, 0.15) is 18.0 Å². The second-order valence-electron chi connectivity index (χ2n) is 6.98. The SMILES string of the molecule is NC(=O)C(O)COC(=O)c1cc2c(-c3ccccc3Cl)[nH]nc2nc1Oc1ccc(F)cc1F. The molecule has 0 aliphatic carbocycles. The molecule has 0 bridgehead atoms. The van der Waals surface area contributed by atoms with Gasteiger partial charge in [-0.25, -0.2) is 13.6 Å². The summed E-state index contributed by atoms with van der Waals surface area (Å²) in [5.74, 6) is -4.84. The zero-order chi connectivity index (χ0) is 24.4. The van der Waals surface area contributed by atoms with E-state index in [1.54, 1.807) is 24.3 Å². The van der Waals surface area contributed by atoms with Crippen molar-refractivity contribution in [1.29, 1.82) is 0 Å². The number of benzene rings is 2. The standard InChI is InChI=1S/C22H15ClF2N4O5/c23-14-4-2-1-3-11(14)18-12-8-13(22(32)33-9-16(30)19(26)31)21(27-20(12)29-28-18)34-17-6-5-10(24)7-15(17)25/h1-8,16,30H,9H2,(H2,26,31)(H,27,28,29). The maximum atomic E-state index is 14.2. The summed E-state index contributed by atoms with van der Waals surface area (Å²) in [6, 6.07) is 10.7. The summed E-state index contributed by atoms with van der Waals surface area (Å²) in [5.41, 5.74) is 5.77. The lowest BCUT2D eigenvalue weighted by atomic mass is 10.1. The highest BCUT2D eigenvalue weighted by Gasteiger charge is 2.24. The average Bonchev–Trinajstić information content (AvgIpc) is 3.21. The topological polar surface area (TPSA) is 140 Å². The number of fused-ring (bicyclic) bond motifs is 1. The number of carbonyl (C=O) groups excluding carboxylic acids is 2. The molecule has 0 spiro atoms. The number of aromatic amines is 1. The van der Waals surface area contributed by atoms with Crippen molar-refractivity contribution in [2.45, 2.75) is 6.10 Å². The van der Waals surface area contributed by atoms with E-state index < -0.39 is 47.9 Å². The molecule has 0 aliphatic rings. The summed E-state index contributed by atoms with van der Waals surface area (Å²) in [6.45, 7) is -0.737. The quantitative estimate of drug-likeness (QED) is 0.339. The Bertz CT molecular complexity index is 1410. The number of aliphatic hydroxyl groups is 1. The van der Waals surface area contributed by atoms with E-state index in [0.717, 1.165) is 12.1 Å². The van der Waals surface area contributed by atoms with Gasteiger partial charge in [-0.15, -0.1) is 0 Å². The lowest BCUT2D eigenvalue weighted by molar-refractivity contribution is -0.127. The molecular formula is C22H15ClF2N4O5. The van der Waals surface area contributed by atoms with Gasteiger partial charge in [0.2, 0.25) is 11.8 Å². The lowest BCUT2D eigenvalue weighted by Crippen LogP contribution is -2.33. The summed E-state index contributed by atoms with van der Waals surface area (Å²) in [7, 11) is 0. The van der Waals surface area contributed by atoms with Crippen molar-refractivity contribution < 1.29 is 33.0 Å². The number of carbonyl (C=O) groups is 2. The van der Waals surface area contributed by atoms with Gasteiger partial charge in [-0.05, 0) is 24.3 Å². The Morgan fingerprint density at radius 1 is 1.18 bits per heavy atom. The van der Waals surface area contributed by atoms with Crippen LogP contribution in [0.5, 0.6) is 11.6 Å². The van der Waals surface area contributed by atoms with Gasteiger partial charge in [0.25, 0.3) is 0 Å². The van der Waals surface area contributed by atoms with E-state index in [4.69, 9.17) is 26.8 Å². The molecule has 2 aromatic carbocycles. The van der Waals surface area contributed by atoms with Crippen LogP contribution in [0.25, 0.3) is 22.3 Å². The van der Waals surface area contributed by atoms with E-state index in [-0.39, 0.29) is 11.2 Å². The molecule has 1 amide bonds. The number of pyridine rings is 1. The number of hydrogen-bond acceptors (Lipinski definition) is 7. The van der Waals surface area contributed by atoms with Gasteiger partial charge in [-0.3, -0.25) is 9.89 Å². The summed E-state index contributed by atoms with van der Waals surface area (Å²) in [4.78, 5) is 28.0. The van der Waals surface area contributed by atoms with E-state index in [1.165, 1.54) is 6.07 Å². The van der Waals surface area contributed by atoms with E-state index in [0.29, 0.717) is 27.7 Å². The van der Waals surface area contributed by atoms with Gasteiger partial charge < -0.3 is 20.3 Å². The number of nitrogens with two attached hydrogens (primary N) is 1. The third-order valence-corrected chi connectivity index (χ3v) is 5.00. The fourth-order valence-electron chi connectivity index (χ4n) is 3.00. The number of ether oxygens (including phenoxy) is 2. The molecule has 1 atom stereocenters. The lowest BCUT2D eigenvalue weighted by Gasteiger charge is -2.12. The molecule has 174 valence electrons. The highest BCUT2D eigenvalue weighted by molar-refractivity contribution is 6.33. The van der Waals surface area contributed by atoms with Gasteiger partial charge >= 0.3 is 5.97 Å². The highest BCUT2D eigenvalue weighted by atomic mass is 35.5. The molecule has 1 unspecified atom stereocenters. The second kappa shape index (κ2) is 9.41. The van der Waals surface area contributed by atoms with Gasteiger partial charge in [0.15, 0.2) is 23.3 Å². The number of rotatable bonds is 7. The van der Waals surface area contributed by atoms with Crippen LogP contribution in [0.4, 0.5) is 8.78 Å². The minimum atomic E-state index is -1.74. The Labute approximate surface area is 195 Å². The summed E-state index contributed by atoms with van der Waals surface area (Å²) in [6.07, 6.45) is -1.74. The number of halogens is 3. The molecule has 0 saturated heterocycles. The van der Waals surface area contributed by atoms with Gasteiger partial charge in [0, 0.05) is 22.0 Å². The Morgan fingerprint density at radius 3 is 2.65 bits per heavy atom. The van der Waals surface area contributed by atoms with Crippen molar-refractivity contribution in [2.24, 2.45) is 5.73 Å². The normalized spacial score (nSPS) is 11.9. The molecule has 0 radical (unpaired) electrons. The molecule has 9 nitrogen and oxygen atoms in total. The first kappa shape index (κ1) is 23.1. The maximum absolute atomic E-state index is 14.2. The number of H-pyrrole nitrogens is 1. The Kier molecular flexibility index (Phi) is 6.39. The minimum Gasteiger partial charge on any atom is -0.459 e. The van der Waals surface area contributed by atoms with Crippen molar-refractivity contribution >= 4 is 34.5 Å². The number of primary amides is 1. The van der Waals surface area contributed by atoms with E-state index in [1.807, 2.05) is 0 Å².